The number of carbonyl (C=O) groups excluding carboxylic acids is 2. The molecule has 0 aliphatic heterocycles. The Morgan fingerprint density at radius 1 is 0.973 bits per heavy atom. The number of hydrogen-bond acceptors (Lipinski definition) is 4. The van der Waals surface area contributed by atoms with Crippen LogP contribution in [0.3, 0.4) is 0 Å². The van der Waals surface area contributed by atoms with Gasteiger partial charge >= 0.3 is 0 Å². The standard InChI is InChI=1S/C30H35BrN2O3S/c1-4-22(2)32-30(35)28(18-23-9-6-5-7-10-23)33(19-25-11-8-12-27(17-25)36-3)29(34)21-37-20-24-13-15-26(31)16-14-24/h5-17,22,28H,4,18-21H2,1-3H3,(H,32,35)/t22-,28+/m1/s1. The van der Waals surface area contributed by atoms with Gasteiger partial charge in [0.05, 0.1) is 12.9 Å². The molecule has 3 aromatic carbocycles. The number of benzene rings is 3. The number of nitrogens with zero attached hydrogens (tertiary/aromatic N) is 1. The van der Waals surface area contributed by atoms with Gasteiger partial charge in [0.2, 0.25) is 11.8 Å². The van der Waals surface area contributed by atoms with E-state index in [1.165, 1.54) is 0 Å². The first kappa shape index (κ1) is 28.8. The molecule has 0 saturated carbocycles. The molecule has 0 spiro atoms. The fourth-order valence-electron chi connectivity index (χ4n) is 3.88. The van der Waals surface area contributed by atoms with Crippen molar-refractivity contribution in [3.05, 3.63) is 100 Å². The van der Waals surface area contributed by atoms with E-state index < -0.39 is 6.04 Å². The minimum atomic E-state index is -0.636. The number of ether oxygens (including phenoxy) is 1. The number of halogens is 1. The fourth-order valence-corrected chi connectivity index (χ4v) is 5.02. The molecule has 2 amide bonds. The van der Waals surface area contributed by atoms with Crippen LogP contribution in [0.15, 0.2) is 83.3 Å². The third-order valence-electron chi connectivity index (χ3n) is 6.17. The van der Waals surface area contributed by atoms with Gasteiger partial charge in [-0.3, -0.25) is 9.59 Å². The van der Waals surface area contributed by atoms with E-state index in [0.29, 0.717) is 18.7 Å². The molecule has 0 heterocycles. The van der Waals surface area contributed by atoms with E-state index in [1.807, 2.05) is 92.7 Å². The first-order valence-corrected chi connectivity index (χ1v) is 14.4. The second-order valence-corrected chi connectivity index (χ2v) is 10.9. The Morgan fingerprint density at radius 2 is 1.68 bits per heavy atom. The van der Waals surface area contributed by atoms with Crippen LogP contribution in [0.25, 0.3) is 0 Å². The van der Waals surface area contributed by atoms with E-state index in [-0.39, 0.29) is 23.6 Å². The Bertz CT molecular complexity index is 1140. The lowest BCUT2D eigenvalue weighted by Crippen LogP contribution is -2.52. The zero-order valence-electron chi connectivity index (χ0n) is 21.7. The summed E-state index contributed by atoms with van der Waals surface area (Å²) in [5.74, 6) is 1.52. The highest BCUT2D eigenvalue weighted by atomic mass is 79.9. The van der Waals surface area contributed by atoms with Gasteiger partial charge < -0.3 is 15.0 Å². The maximum absolute atomic E-state index is 13.7. The highest BCUT2D eigenvalue weighted by molar-refractivity contribution is 9.10. The number of methoxy groups -OCH3 is 1. The third kappa shape index (κ3) is 9.24. The van der Waals surface area contributed by atoms with E-state index >= 15 is 0 Å². The van der Waals surface area contributed by atoms with Gasteiger partial charge in [-0.1, -0.05) is 77.5 Å². The van der Waals surface area contributed by atoms with Gasteiger partial charge in [0, 0.05) is 29.2 Å². The predicted molar refractivity (Wildman–Crippen MR) is 156 cm³/mol. The lowest BCUT2D eigenvalue weighted by Gasteiger charge is -2.32. The summed E-state index contributed by atoms with van der Waals surface area (Å²) >= 11 is 5.02. The summed E-state index contributed by atoms with van der Waals surface area (Å²) < 4.78 is 6.43. The second-order valence-electron chi connectivity index (χ2n) is 9.02. The topological polar surface area (TPSA) is 58.6 Å². The Hall–Kier alpha value is -2.77. The summed E-state index contributed by atoms with van der Waals surface area (Å²) in [4.78, 5) is 29.0. The number of rotatable bonds is 13. The van der Waals surface area contributed by atoms with Crippen molar-refractivity contribution < 1.29 is 14.3 Å². The van der Waals surface area contributed by atoms with Gasteiger partial charge in [0.25, 0.3) is 0 Å². The SMILES string of the molecule is CC[C@@H](C)NC(=O)[C@H](Cc1ccccc1)N(Cc1cccc(OC)c1)C(=O)CSCc1ccc(Br)cc1. The van der Waals surface area contributed by atoms with Crippen molar-refractivity contribution in [1.82, 2.24) is 10.2 Å². The highest BCUT2D eigenvalue weighted by Crippen LogP contribution is 2.21. The zero-order valence-corrected chi connectivity index (χ0v) is 24.1. The van der Waals surface area contributed by atoms with Crippen molar-refractivity contribution in [1.29, 1.82) is 0 Å². The van der Waals surface area contributed by atoms with E-state index in [1.54, 1.807) is 23.8 Å². The Morgan fingerprint density at radius 3 is 2.35 bits per heavy atom. The van der Waals surface area contributed by atoms with Gasteiger partial charge in [-0.25, -0.2) is 0 Å². The number of nitrogens with one attached hydrogen (secondary N) is 1. The molecule has 1 N–H and O–H groups in total. The molecular weight excluding hydrogens is 548 g/mol. The first-order valence-electron chi connectivity index (χ1n) is 12.5. The lowest BCUT2D eigenvalue weighted by atomic mass is 10.0. The molecule has 7 heteroatoms. The van der Waals surface area contributed by atoms with Crippen LogP contribution in [0.4, 0.5) is 0 Å². The molecule has 0 saturated heterocycles. The monoisotopic (exact) mass is 582 g/mol. The molecule has 0 fully saturated rings. The zero-order chi connectivity index (χ0) is 26.6. The number of amides is 2. The van der Waals surface area contributed by atoms with Crippen LogP contribution in [0.2, 0.25) is 0 Å². The summed E-state index contributed by atoms with van der Waals surface area (Å²) in [5, 5.41) is 3.11. The molecule has 0 aliphatic carbocycles. The summed E-state index contributed by atoms with van der Waals surface area (Å²) in [7, 11) is 1.62. The van der Waals surface area contributed by atoms with E-state index in [9.17, 15) is 9.59 Å². The highest BCUT2D eigenvalue weighted by Gasteiger charge is 2.31. The third-order valence-corrected chi connectivity index (χ3v) is 7.68. The normalized spacial score (nSPS) is 12.4. The Labute approximate surface area is 233 Å². The summed E-state index contributed by atoms with van der Waals surface area (Å²) in [6.45, 7) is 4.34. The van der Waals surface area contributed by atoms with E-state index in [2.05, 4.69) is 21.2 Å². The molecule has 0 bridgehead atoms. The molecular formula is C30H35BrN2O3S. The maximum Gasteiger partial charge on any atom is 0.243 e. The number of thioether (sulfide) groups is 1. The Kier molecular flexibility index (Phi) is 11.5. The quantitative estimate of drug-likeness (QED) is 0.259. The first-order chi connectivity index (χ1) is 17.9. The van der Waals surface area contributed by atoms with Crippen molar-refractivity contribution in [2.24, 2.45) is 0 Å². The molecule has 196 valence electrons. The molecule has 37 heavy (non-hydrogen) atoms. The van der Waals surface area contributed by atoms with Crippen molar-refractivity contribution in [2.45, 2.75) is 51.1 Å². The van der Waals surface area contributed by atoms with Crippen LogP contribution < -0.4 is 10.1 Å². The molecule has 3 aromatic rings. The van der Waals surface area contributed by atoms with Crippen LogP contribution in [0.5, 0.6) is 5.75 Å². The number of hydrogen-bond donors (Lipinski definition) is 1. The summed E-state index contributed by atoms with van der Waals surface area (Å²) in [5.41, 5.74) is 3.08. The van der Waals surface area contributed by atoms with Crippen molar-refractivity contribution in [3.8, 4) is 5.75 Å². The molecule has 2 atom stereocenters. The molecule has 0 radical (unpaired) electrons. The maximum atomic E-state index is 13.7. The Balaban J connectivity index is 1.86. The van der Waals surface area contributed by atoms with Gasteiger partial charge in [0.1, 0.15) is 11.8 Å². The molecule has 3 rings (SSSR count). The van der Waals surface area contributed by atoms with Gasteiger partial charge in [0.15, 0.2) is 0 Å². The molecule has 0 aromatic heterocycles. The van der Waals surface area contributed by atoms with Crippen molar-refractivity contribution >= 4 is 39.5 Å². The van der Waals surface area contributed by atoms with Crippen LogP contribution in [-0.4, -0.2) is 41.7 Å². The van der Waals surface area contributed by atoms with Gasteiger partial charge in [-0.15, -0.1) is 11.8 Å². The summed E-state index contributed by atoms with van der Waals surface area (Å²) in [6.07, 6.45) is 1.26. The lowest BCUT2D eigenvalue weighted by molar-refractivity contribution is -0.139. The van der Waals surface area contributed by atoms with Crippen LogP contribution in [-0.2, 0) is 28.3 Å². The minimum Gasteiger partial charge on any atom is -0.497 e. The summed E-state index contributed by atoms with van der Waals surface area (Å²) in [6, 6.07) is 25.0. The van der Waals surface area contributed by atoms with E-state index in [4.69, 9.17) is 4.74 Å². The fraction of sp³-hybridized carbons (Fsp3) is 0.333. The largest absolute Gasteiger partial charge is 0.497 e. The minimum absolute atomic E-state index is 0.0197. The van der Waals surface area contributed by atoms with E-state index in [0.717, 1.165) is 33.3 Å². The average Bonchev–Trinajstić information content (AvgIpc) is 2.92. The smallest absolute Gasteiger partial charge is 0.243 e. The predicted octanol–water partition coefficient (Wildman–Crippen LogP) is 6.25. The van der Waals surface area contributed by atoms with Crippen LogP contribution >= 0.6 is 27.7 Å². The van der Waals surface area contributed by atoms with Gasteiger partial charge in [-0.2, -0.15) is 0 Å². The van der Waals surface area contributed by atoms with Crippen molar-refractivity contribution in [3.63, 3.8) is 0 Å². The van der Waals surface area contributed by atoms with Crippen LogP contribution in [0.1, 0.15) is 37.0 Å². The van der Waals surface area contributed by atoms with Gasteiger partial charge in [-0.05, 0) is 54.3 Å². The number of carbonyl (C=O) groups is 2. The van der Waals surface area contributed by atoms with Crippen LogP contribution in [0, 0.1) is 0 Å². The second kappa shape index (κ2) is 14.8. The molecule has 5 nitrogen and oxygen atoms in total. The van der Waals surface area contributed by atoms with Crippen molar-refractivity contribution in [2.75, 3.05) is 12.9 Å². The molecule has 0 aliphatic rings. The molecule has 0 unspecified atom stereocenters. The average molecular weight is 584 g/mol.